The van der Waals surface area contributed by atoms with Gasteiger partial charge >= 0.3 is 12.1 Å². The van der Waals surface area contributed by atoms with Gasteiger partial charge in [-0.1, -0.05) is 48.5 Å². The second-order valence-electron chi connectivity index (χ2n) is 7.85. The Bertz CT molecular complexity index is 1220. The monoisotopic (exact) mass is 602 g/mol. The van der Waals surface area contributed by atoms with Gasteiger partial charge in [0, 0.05) is 21.8 Å². The normalized spacial score (nSPS) is 11.9. The lowest BCUT2D eigenvalue weighted by atomic mass is 9.98. The number of hydrogen-bond donors (Lipinski definition) is 3. The molecule has 4 rings (SSSR count). The second kappa shape index (κ2) is 11.6. The van der Waals surface area contributed by atoms with Crippen molar-refractivity contribution in [3.05, 3.63) is 87.0 Å². The van der Waals surface area contributed by atoms with Gasteiger partial charge in [0.2, 0.25) is 5.91 Å². The predicted octanol–water partition coefficient (Wildman–Crippen LogP) is 5.20. The van der Waals surface area contributed by atoms with Crippen LogP contribution in [0.25, 0.3) is 11.1 Å². The maximum Gasteiger partial charge on any atom is 0.407 e. The molecule has 0 spiro atoms. The summed E-state index contributed by atoms with van der Waals surface area (Å²) in [5.74, 6) is -0.755. The number of anilines is 1. The molecular formula is C26H23IN2O5S. The number of ether oxygens (including phenoxy) is 1. The molecule has 3 N–H and O–H groups in total. The van der Waals surface area contributed by atoms with E-state index in [9.17, 15) is 19.5 Å². The first kappa shape index (κ1) is 25.1. The molecule has 0 fully saturated rings. The number of nitrogens with one attached hydrogen (secondary N) is 2. The van der Waals surface area contributed by atoms with Crippen molar-refractivity contribution in [3.8, 4) is 11.1 Å². The first-order valence-corrected chi connectivity index (χ1v) is 13.2. The van der Waals surface area contributed by atoms with Crippen LogP contribution >= 0.6 is 34.4 Å². The highest BCUT2D eigenvalue weighted by atomic mass is 127. The minimum atomic E-state index is -1.10. The number of rotatable bonds is 9. The zero-order valence-electron chi connectivity index (χ0n) is 18.6. The van der Waals surface area contributed by atoms with E-state index in [4.69, 9.17) is 4.74 Å². The van der Waals surface area contributed by atoms with E-state index in [2.05, 4.69) is 34.9 Å². The summed E-state index contributed by atoms with van der Waals surface area (Å²) < 4.78 is 6.27. The van der Waals surface area contributed by atoms with E-state index in [0.29, 0.717) is 12.3 Å². The van der Waals surface area contributed by atoms with E-state index in [1.165, 1.54) is 29.0 Å². The number of carboxylic acid groups (broad SMARTS) is 1. The van der Waals surface area contributed by atoms with Gasteiger partial charge < -0.3 is 20.5 Å². The van der Waals surface area contributed by atoms with Gasteiger partial charge in [0.1, 0.15) is 6.61 Å². The number of thioether (sulfide) groups is 1. The smallest absolute Gasteiger partial charge is 0.407 e. The molecular weight excluding hydrogens is 579 g/mol. The lowest BCUT2D eigenvalue weighted by Gasteiger charge is -2.14. The zero-order chi connectivity index (χ0) is 24.8. The van der Waals surface area contributed by atoms with E-state index in [-0.39, 0.29) is 35.4 Å². The summed E-state index contributed by atoms with van der Waals surface area (Å²) in [7, 11) is 0. The summed E-state index contributed by atoms with van der Waals surface area (Å²) in [4.78, 5) is 35.8. The first-order valence-electron chi connectivity index (χ1n) is 10.9. The molecule has 7 nitrogen and oxygen atoms in total. The molecule has 0 aliphatic heterocycles. The van der Waals surface area contributed by atoms with Crippen molar-refractivity contribution in [3.63, 3.8) is 0 Å². The van der Waals surface area contributed by atoms with E-state index in [0.717, 1.165) is 14.7 Å². The van der Waals surface area contributed by atoms with Crippen molar-refractivity contribution in [1.82, 2.24) is 5.32 Å². The fourth-order valence-electron chi connectivity index (χ4n) is 4.03. The second-order valence-corrected chi connectivity index (χ2v) is 10.2. The van der Waals surface area contributed by atoms with Gasteiger partial charge in [-0.05, 0) is 63.0 Å². The van der Waals surface area contributed by atoms with Crippen LogP contribution in [0.4, 0.5) is 10.5 Å². The number of benzene rings is 3. The topological polar surface area (TPSA) is 105 Å². The Kier molecular flexibility index (Phi) is 8.29. The van der Waals surface area contributed by atoms with Crippen molar-refractivity contribution < 1.29 is 24.2 Å². The van der Waals surface area contributed by atoms with Crippen LogP contribution in [0.1, 0.15) is 27.4 Å². The lowest BCUT2D eigenvalue weighted by molar-refractivity contribution is -0.113. The number of alkyl carbamates (subject to hydrolysis) is 1. The molecule has 0 atom stereocenters. The average Bonchev–Trinajstić information content (AvgIpc) is 3.17. The maximum absolute atomic E-state index is 12.2. The lowest BCUT2D eigenvalue weighted by Crippen LogP contribution is -2.28. The van der Waals surface area contributed by atoms with Crippen LogP contribution in [0.5, 0.6) is 0 Å². The molecule has 0 heterocycles. The Morgan fingerprint density at radius 2 is 1.63 bits per heavy atom. The zero-order valence-corrected chi connectivity index (χ0v) is 21.6. The Labute approximate surface area is 220 Å². The number of hydrogen-bond acceptors (Lipinski definition) is 5. The summed E-state index contributed by atoms with van der Waals surface area (Å²) in [6.45, 7) is 0.593. The Morgan fingerprint density at radius 1 is 0.971 bits per heavy atom. The number of amides is 2. The van der Waals surface area contributed by atoms with Crippen LogP contribution in [0.15, 0.2) is 66.7 Å². The third-order valence-electron chi connectivity index (χ3n) is 5.58. The quantitative estimate of drug-likeness (QED) is 0.230. The highest BCUT2D eigenvalue weighted by molar-refractivity contribution is 14.1. The van der Waals surface area contributed by atoms with E-state index >= 15 is 0 Å². The van der Waals surface area contributed by atoms with Crippen LogP contribution < -0.4 is 10.6 Å². The Morgan fingerprint density at radius 3 is 2.29 bits per heavy atom. The van der Waals surface area contributed by atoms with Gasteiger partial charge in [-0.2, -0.15) is 11.8 Å². The first-order chi connectivity index (χ1) is 16.9. The number of carboxylic acids is 1. The number of aromatic carboxylic acids is 1. The van der Waals surface area contributed by atoms with Crippen LogP contribution in [0, 0.1) is 3.57 Å². The van der Waals surface area contributed by atoms with Crippen LogP contribution in [-0.4, -0.2) is 47.7 Å². The average molecular weight is 602 g/mol. The molecule has 35 heavy (non-hydrogen) atoms. The largest absolute Gasteiger partial charge is 0.478 e. The van der Waals surface area contributed by atoms with Crippen molar-refractivity contribution in [2.24, 2.45) is 0 Å². The molecule has 0 aromatic heterocycles. The summed E-state index contributed by atoms with van der Waals surface area (Å²) >= 11 is 3.35. The standard InChI is InChI=1S/C26H23IN2O5S/c27-16-9-10-23(21(13-16)25(31)32)29-24(30)15-35-12-11-28-26(33)34-14-22-19-7-3-1-5-17(19)18-6-2-4-8-20(18)22/h1-10,13,22H,11-12,14-15H2,(H,28,33)(H,29,30)(H,31,32). The van der Waals surface area contributed by atoms with Crippen LogP contribution in [0.2, 0.25) is 0 Å². The molecule has 3 aromatic rings. The SMILES string of the molecule is O=C(CSCCNC(=O)OCC1c2ccccc2-c2ccccc21)Nc1ccc(I)cc1C(=O)O. The van der Waals surface area contributed by atoms with Gasteiger partial charge in [0.25, 0.3) is 0 Å². The highest BCUT2D eigenvalue weighted by Gasteiger charge is 2.28. The van der Waals surface area contributed by atoms with Gasteiger partial charge in [-0.3, -0.25) is 4.79 Å². The van der Waals surface area contributed by atoms with E-state index < -0.39 is 12.1 Å². The molecule has 2 amide bonds. The minimum absolute atomic E-state index is 0.00295. The number of halogens is 1. The molecule has 0 bridgehead atoms. The summed E-state index contributed by atoms with van der Waals surface area (Å²) in [6.07, 6.45) is -0.498. The fourth-order valence-corrected chi connectivity index (χ4v) is 5.17. The van der Waals surface area contributed by atoms with Crippen molar-refractivity contribution in [1.29, 1.82) is 0 Å². The molecule has 1 aliphatic carbocycles. The summed E-state index contributed by atoms with van der Waals surface area (Å²) in [6, 6.07) is 21.1. The Balaban J connectivity index is 1.19. The van der Waals surface area contributed by atoms with Gasteiger partial charge in [0.05, 0.1) is 17.0 Å². The summed E-state index contributed by atoms with van der Waals surface area (Å²) in [5, 5.41) is 14.6. The minimum Gasteiger partial charge on any atom is -0.478 e. The van der Waals surface area contributed by atoms with Crippen molar-refractivity contribution >= 4 is 58.0 Å². The molecule has 0 saturated heterocycles. The van der Waals surface area contributed by atoms with E-state index in [1.54, 1.807) is 12.1 Å². The Hall–Kier alpha value is -3.05. The summed E-state index contributed by atoms with van der Waals surface area (Å²) in [5.41, 5.74) is 4.97. The number of fused-ring (bicyclic) bond motifs is 3. The molecule has 180 valence electrons. The van der Waals surface area contributed by atoms with Gasteiger partial charge in [0.15, 0.2) is 0 Å². The molecule has 0 radical (unpaired) electrons. The molecule has 1 aliphatic rings. The van der Waals surface area contributed by atoms with Gasteiger partial charge in [-0.25, -0.2) is 9.59 Å². The maximum atomic E-state index is 12.2. The predicted molar refractivity (Wildman–Crippen MR) is 145 cm³/mol. The fraction of sp³-hybridized carbons (Fsp3) is 0.192. The number of carbonyl (C=O) groups is 3. The van der Waals surface area contributed by atoms with Gasteiger partial charge in [-0.15, -0.1) is 0 Å². The van der Waals surface area contributed by atoms with Crippen molar-refractivity contribution in [2.75, 3.05) is 30.0 Å². The van der Waals surface area contributed by atoms with E-state index in [1.807, 2.05) is 46.9 Å². The third kappa shape index (κ3) is 6.15. The molecule has 0 saturated carbocycles. The van der Waals surface area contributed by atoms with Crippen LogP contribution in [0.3, 0.4) is 0 Å². The van der Waals surface area contributed by atoms with Crippen molar-refractivity contribution in [2.45, 2.75) is 5.92 Å². The third-order valence-corrected chi connectivity index (χ3v) is 7.21. The highest BCUT2D eigenvalue weighted by Crippen LogP contribution is 2.44. The molecule has 9 heteroatoms. The van der Waals surface area contributed by atoms with Crippen LogP contribution in [-0.2, 0) is 9.53 Å². The molecule has 3 aromatic carbocycles. The number of carbonyl (C=O) groups excluding carboxylic acids is 2. The molecule has 0 unspecified atom stereocenters.